The first-order chi connectivity index (χ1) is 12.1. The summed E-state index contributed by atoms with van der Waals surface area (Å²) in [7, 11) is 0. The van der Waals surface area contributed by atoms with E-state index >= 15 is 0 Å². The molecule has 0 amide bonds. The predicted molar refractivity (Wildman–Crippen MR) is 85.5 cm³/mol. The standard InChI is InChI=1S/C16H20FNO.C2HF3O2/c17-13-7-10-8-14-11-3-1-2-4-16(11,5-6-18-14)12(10)9-15(13)19;3-2(4,5)1(6)7/h7,9,11,14,18-19H,1-6,8H2;(H,6,7)/t11-,14+,16+;/m1./s1. The first-order valence-corrected chi connectivity index (χ1v) is 8.70. The van der Waals surface area contributed by atoms with Crippen LogP contribution in [0, 0.1) is 11.7 Å². The van der Waals surface area contributed by atoms with Gasteiger partial charge in [0, 0.05) is 11.5 Å². The van der Waals surface area contributed by atoms with Gasteiger partial charge in [0.1, 0.15) is 0 Å². The number of benzene rings is 1. The van der Waals surface area contributed by atoms with E-state index in [1.54, 1.807) is 12.1 Å². The van der Waals surface area contributed by atoms with E-state index in [0.29, 0.717) is 12.0 Å². The Labute approximate surface area is 148 Å². The maximum absolute atomic E-state index is 13.6. The number of alkyl halides is 3. The van der Waals surface area contributed by atoms with Crippen molar-refractivity contribution in [1.82, 2.24) is 5.32 Å². The lowest BCUT2D eigenvalue weighted by molar-refractivity contribution is -0.192. The Hall–Kier alpha value is -1.83. The number of nitrogens with one attached hydrogen (secondary N) is 1. The van der Waals surface area contributed by atoms with Gasteiger partial charge in [-0.25, -0.2) is 9.18 Å². The van der Waals surface area contributed by atoms with Gasteiger partial charge in [0.05, 0.1) is 0 Å². The SMILES string of the molecule is O=C(O)C(F)(F)F.Oc1cc2c(cc1F)C[C@@H]1NCC[C@]23CCCC[C@H]13. The molecule has 1 heterocycles. The van der Waals surface area contributed by atoms with Crippen molar-refractivity contribution in [3.8, 4) is 5.75 Å². The Morgan fingerprint density at radius 2 is 1.92 bits per heavy atom. The molecule has 0 radical (unpaired) electrons. The van der Waals surface area contributed by atoms with Gasteiger partial charge in [-0.3, -0.25) is 0 Å². The van der Waals surface area contributed by atoms with Crippen molar-refractivity contribution in [1.29, 1.82) is 0 Å². The number of hydrogen-bond acceptors (Lipinski definition) is 3. The Bertz CT molecular complexity index is 702. The fraction of sp³-hybridized carbons (Fsp3) is 0.611. The highest BCUT2D eigenvalue weighted by atomic mass is 19.4. The second kappa shape index (κ2) is 6.72. The van der Waals surface area contributed by atoms with Crippen molar-refractivity contribution in [2.45, 2.75) is 56.2 Å². The molecular formula is C18H21F4NO3. The summed E-state index contributed by atoms with van der Waals surface area (Å²) in [5, 5.41) is 20.5. The summed E-state index contributed by atoms with van der Waals surface area (Å²) in [5.74, 6) is -2.73. The number of halogens is 4. The summed E-state index contributed by atoms with van der Waals surface area (Å²) in [6, 6.07) is 3.80. The molecule has 8 heteroatoms. The minimum Gasteiger partial charge on any atom is -0.505 e. The molecule has 3 atom stereocenters. The highest BCUT2D eigenvalue weighted by Gasteiger charge is 2.51. The summed E-state index contributed by atoms with van der Waals surface area (Å²) in [6.45, 7) is 1.05. The average molecular weight is 375 g/mol. The van der Waals surface area contributed by atoms with Crippen LogP contribution < -0.4 is 5.32 Å². The Morgan fingerprint density at radius 1 is 1.23 bits per heavy atom. The van der Waals surface area contributed by atoms with E-state index in [2.05, 4.69) is 5.32 Å². The number of carbonyl (C=O) groups is 1. The highest BCUT2D eigenvalue weighted by molar-refractivity contribution is 5.73. The van der Waals surface area contributed by atoms with Crippen molar-refractivity contribution in [2.24, 2.45) is 5.92 Å². The molecule has 26 heavy (non-hydrogen) atoms. The third-order valence-corrected chi connectivity index (χ3v) is 5.95. The van der Waals surface area contributed by atoms with Crippen LogP contribution in [0.4, 0.5) is 17.6 Å². The minimum atomic E-state index is -5.08. The van der Waals surface area contributed by atoms with Crippen LogP contribution in [0.2, 0.25) is 0 Å². The number of aromatic hydroxyl groups is 1. The van der Waals surface area contributed by atoms with Gasteiger partial charge in [0.2, 0.25) is 0 Å². The highest BCUT2D eigenvalue weighted by Crippen LogP contribution is 2.54. The molecule has 1 saturated carbocycles. The van der Waals surface area contributed by atoms with Crippen molar-refractivity contribution in [2.75, 3.05) is 6.54 Å². The quantitative estimate of drug-likeness (QED) is 0.607. The van der Waals surface area contributed by atoms with Crippen LogP contribution in [-0.4, -0.2) is 34.9 Å². The van der Waals surface area contributed by atoms with E-state index < -0.39 is 18.0 Å². The monoisotopic (exact) mass is 375 g/mol. The maximum atomic E-state index is 13.6. The van der Waals surface area contributed by atoms with Crippen LogP contribution in [0.15, 0.2) is 12.1 Å². The third-order valence-electron chi connectivity index (χ3n) is 5.95. The number of fused-ring (bicyclic) bond motifs is 1. The third kappa shape index (κ3) is 3.26. The van der Waals surface area contributed by atoms with Crippen LogP contribution >= 0.6 is 0 Å². The fourth-order valence-corrected chi connectivity index (χ4v) is 4.94. The van der Waals surface area contributed by atoms with E-state index in [-0.39, 0.29) is 11.2 Å². The molecule has 0 spiro atoms. The van der Waals surface area contributed by atoms with Crippen LogP contribution in [0.1, 0.15) is 43.2 Å². The lowest BCUT2D eigenvalue weighted by Crippen LogP contribution is -2.59. The molecule has 1 saturated heterocycles. The summed E-state index contributed by atoms with van der Waals surface area (Å²) in [5.41, 5.74) is 2.56. The van der Waals surface area contributed by atoms with Crippen molar-refractivity contribution < 1.29 is 32.6 Å². The van der Waals surface area contributed by atoms with Gasteiger partial charge in [-0.15, -0.1) is 0 Å². The summed E-state index contributed by atoms with van der Waals surface area (Å²) < 4.78 is 45.4. The lowest BCUT2D eigenvalue weighted by Gasteiger charge is -2.56. The second-order valence-electron chi connectivity index (χ2n) is 7.29. The van der Waals surface area contributed by atoms with Crippen LogP contribution in [0.3, 0.4) is 0 Å². The molecule has 4 nitrogen and oxygen atoms in total. The van der Waals surface area contributed by atoms with E-state index in [9.17, 15) is 22.7 Å². The van der Waals surface area contributed by atoms with Crippen molar-refractivity contribution in [3.63, 3.8) is 0 Å². The van der Waals surface area contributed by atoms with Crippen molar-refractivity contribution >= 4 is 5.97 Å². The van der Waals surface area contributed by atoms with Crippen LogP contribution in [0.5, 0.6) is 5.75 Å². The Balaban J connectivity index is 0.000000242. The van der Waals surface area contributed by atoms with Gasteiger partial charge in [0.15, 0.2) is 11.6 Å². The first-order valence-electron chi connectivity index (χ1n) is 8.70. The number of phenolic OH excluding ortho intramolecular Hbond substituents is 1. The zero-order valence-corrected chi connectivity index (χ0v) is 14.1. The minimum absolute atomic E-state index is 0.172. The number of carboxylic acids is 1. The summed E-state index contributed by atoms with van der Waals surface area (Å²) in [6.07, 6.45) is 2.02. The molecule has 1 aromatic carbocycles. The predicted octanol–water partition coefficient (Wildman–Crippen LogP) is 3.51. The van der Waals surface area contributed by atoms with Crippen molar-refractivity contribution in [3.05, 3.63) is 29.1 Å². The summed E-state index contributed by atoms with van der Waals surface area (Å²) >= 11 is 0. The number of piperidine rings is 1. The number of aliphatic carboxylic acids is 1. The molecule has 2 bridgehead atoms. The van der Waals surface area contributed by atoms with Gasteiger partial charge in [-0.1, -0.05) is 12.8 Å². The van der Waals surface area contributed by atoms with E-state index in [4.69, 9.17) is 9.90 Å². The number of carboxylic acid groups (broad SMARTS) is 1. The molecule has 2 aliphatic carbocycles. The lowest BCUT2D eigenvalue weighted by atomic mass is 9.53. The molecule has 3 N–H and O–H groups in total. The maximum Gasteiger partial charge on any atom is 0.490 e. The van der Waals surface area contributed by atoms with E-state index in [0.717, 1.165) is 24.9 Å². The first kappa shape index (κ1) is 18.9. The smallest absolute Gasteiger partial charge is 0.490 e. The normalized spacial score (nSPS) is 29.7. The summed E-state index contributed by atoms with van der Waals surface area (Å²) in [4.78, 5) is 8.90. The fourth-order valence-electron chi connectivity index (χ4n) is 4.94. The molecule has 0 aromatic heterocycles. The van der Waals surface area contributed by atoms with Gasteiger partial charge < -0.3 is 15.5 Å². The largest absolute Gasteiger partial charge is 0.505 e. The van der Waals surface area contributed by atoms with Gasteiger partial charge in [-0.2, -0.15) is 13.2 Å². The Morgan fingerprint density at radius 3 is 2.58 bits per heavy atom. The molecule has 2 fully saturated rings. The molecule has 3 aliphatic rings. The molecule has 1 aromatic rings. The molecule has 1 aliphatic heterocycles. The molecular weight excluding hydrogens is 354 g/mol. The van der Waals surface area contributed by atoms with E-state index in [1.807, 2.05) is 0 Å². The zero-order valence-electron chi connectivity index (χ0n) is 14.1. The van der Waals surface area contributed by atoms with Gasteiger partial charge >= 0.3 is 12.1 Å². The molecule has 144 valence electrons. The molecule has 0 unspecified atom stereocenters. The van der Waals surface area contributed by atoms with Crippen LogP contribution in [0.25, 0.3) is 0 Å². The van der Waals surface area contributed by atoms with E-state index in [1.165, 1.54) is 31.2 Å². The zero-order chi connectivity index (χ0) is 19.1. The second-order valence-corrected chi connectivity index (χ2v) is 7.29. The number of phenols is 1. The Kier molecular flexibility index (Phi) is 4.90. The van der Waals surface area contributed by atoms with Gasteiger partial charge in [-0.05, 0) is 61.4 Å². The average Bonchev–Trinajstić information content (AvgIpc) is 2.57. The van der Waals surface area contributed by atoms with Crippen LogP contribution in [-0.2, 0) is 16.6 Å². The molecule has 4 rings (SSSR count). The number of hydrogen-bond donors (Lipinski definition) is 3. The number of rotatable bonds is 0. The van der Waals surface area contributed by atoms with Gasteiger partial charge in [0.25, 0.3) is 0 Å². The topological polar surface area (TPSA) is 69.6 Å².